The van der Waals surface area contributed by atoms with Crippen molar-refractivity contribution in [3.63, 3.8) is 0 Å². The molecule has 50 heavy (non-hydrogen) atoms. The third-order valence-corrected chi connectivity index (χ3v) is 9.02. The van der Waals surface area contributed by atoms with Crippen molar-refractivity contribution >= 4 is 40.4 Å². The van der Waals surface area contributed by atoms with Gasteiger partial charge in [-0.05, 0) is 46.1 Å². The molecule has 11 nitrogen and oxygen atoms in total. The lowest BCUT2D eigenvalue weighted by Gasteiger charge is -2.30. The number of rotatable bonds is 18. The van der Waals surface area contributed by atoms with Gasteiger partial charge in [-0.15, -0.1) is 0 Å². The highest BCUT2D eigenvalue weighted by Crippen LogP contribution is 2.19. The normalized spacial score (nSPS) is 15.0. The molecule has 4 amide bonds. The monoisotopic (exact) mass is 688 g/mol. The van der Waals surface area contributed by atoms with Crippen LogP contribution >= 0.6 is 0 Å². The smallest absolute Gasteiger partial charge is 0.326 e. The summed E-state index contributed by atoms with van der Waals surface area (Å²) in [7, 11) is 0. The van der Waals surface area contributed by atoms with Crippen LogP contribution in [0.5, 0.6) is 0 Å². The second-order valence-corrected chi connectivity index (χ2v) is 13.7. The zero-order chi connectivity index (χ0) is 37.0. The van der Waals surface area contributed by atoms with Crippen molar-refractivity contribution in [1.82, 2.24) is 21.3 Å². The zero-order valence-corrected chi connectivity index (χ0v) is 29.8. The Morgan fingerprint density at radius 2 is 1.24 bits per heavy atom. The summed E-state index contributed by atoms with van der Waals surface area (Å²) < 4.78 is 0. The average Bonchev–Trinajstić information content (AvgIpc) is 3.07. The SMILES string of the molecule is CC[C@H](C)[C@H](NC(=O)CC(O)C(Cc1ccccc1)NC(=O)[C@@H](NC(=O)Cc1cccc2ccccc12)C(C)C)C(=O)N[C@H](C(=O)O)C(C)C. The van der Waals surface area contributed by atoms with E-state index < -0.39 is 60.4 Å². The summed E-state index contributed by atoms with van der Waals surface area (Å²) in [4.78, 5) is 65.2. The second-order valence-electron chi connectivity index (χ2n) is 13.7. The van der Waals surface area contributed by atoms with E-state index in [0.717, 1.165) is 21.9 Å². The molecule has 270 valence electrons. The highest BCUT2D eigenvalue weighted by Gasteiger charge is 2.34. The van der Waals surface area contributed by atoms with Gasteiger partial charge in [-0.3, -0.25) is 19.2 Å². The molecule has 3 aromatic rings. The van der Waals surface area contributed by atoms with E-state index >= 15 is 0 Å². The van der Waals surface area contributed by atoms with Crippen LogP contribution in [0, 0.1) is 17.8 Å². The van der Waals surface area contributed by atoms with E-state index in [1.165, 1.54) is 0 Å². The topological polar surface area (TPSA) is 174 Å². The van der Waals surface area contributed by atoms with Crippen molar-refractivity contribution in [1.29, 1.82) is 0 Å². The molecule has 0 saturated heterocycles. The minimum atomic E-state index is -1.36. The number of carboxylic acids is 1. The van der Waals surface area contributed by atoms with Gasteiger partial charge in [0.2, 0.25) is 23.6 Å². The van der Waals surface area contributed by atoms with Crippen molar-refractivity contribution in [2.75, 3.05) is 0 Å². The number of aliphatic carboxylic acids is 1. The first-order valence-electron chi connectivity index (χ1n) is 17.3. The van der Waals surface area contributed by atoms with Crippen molar-refractivity contribution < 1.29 is 34.2 Å². The number of benzene rings is 3. The largest absolute Gasteiger partial charge is 0.480 e. The molecule has 2 unspecified atom stereocenters. The van der Waals surface area contributed by atoms with Crippen molar-refractivity contribution in [3.05, 3.63) is 83.9 Å². The lowest BCUT2D eigenvalue weighted by atomic mass is 9.95. The molecule has 3 aromatic carbocycles. The fourth-order valence-corrected chi connectivity index (χ4v) is 5.83. The van der Waals surface area contributed by atoms with E-state index in [1.807, 2.05) is 93.6 Å². The van der Waals surface area contributed by atoms with Gasteiger partial charge in [0.25, 0.3) is 0 Å². The molecule has 0 aliphatic heterocycles. The molecule has 0 saturated carbocycles. The number of carbonyl (C=O) groups is 5. The quantitative estimate of drug-likeness (QED) is 0.118. The van der Waals surface area contributed by atoms with E-state index in [9.17, 15) is 34.2 Å². The van der Waals surface area contributed by atoms with Gasteiger partial charge in [0.1, 0.15) is 18.1 Å². The summed E-state index contributed by atoms with van der Waals surface area (Å²) >= 11 is 0. The van der Waals surface area contributed by atoms with Gasteiger partial charge in [0.15, 0.2) is 0 Å². The average molecular weight is 689 g/mol. The minimum Gasteiger partial charge on any atom is -0.480 e. The van der Waals surface area contributed by atoms with Gasteiger partial charge in [0, 0.05) is 0 Å². The zero-order valence-electron chi connectivity index (χ0n) is 29.8. The number of hydrogen-bond acceptors (Lipinski definition) is 6. The summed E-state index contributed by atoms with van der Waals surface area (Å²) in [5.74, 6) is -4.28. The van der Waals surface area contributed by atoms with Crippen LogP contribution in [0.3, 0.4) is 0 Å². The number of carbonyl (C=O) groups excluding carboxylic acids is 4. The second kappa shape index (κ2) is 18.8. The molecule has 0 radical (unpaired) electrons. The number of hydrogen-bond donors (Lipinski definition) is 6. The fourth-order valence-electron chi connectivity index (χ4n) is 5.83. The van der Waals surface area contributed by atoms with Crippen LogP contribution in [0.4, 0.5) is 0 Å². The van der Waals surface area contributed by atoms with Crippen LogP contribution in [-0.2, 0) is 36.8 Å². The number of fused-ring (bicyclic) bond motifs is 1. The Morgan fingerprint density at radius 1 is 0.660 bits per heavy atom. The minimum absolute atomic E-state index is 0.0728. The molecule has 0 heterocycles. The van der Waals surface area contributed by atoms with Gasteiger partial charge in [-0.2, -0.15) is 0 Å². The first-order valence-corrected chi connectivity index (χ1v) is 17.3. The van der Waals surface area contributed by atoms with Gasteiger partial charge in [0.05, 0.1) is 25.0 Å². The Bertz CT molecular complexity index is 1600. The Morgan fingerprint density at radius 3 is 1.86 bits per heavy atom. The first-order chi connectivity index (χ1) is 23.7. The molecule has 0 fully saturated rings. The maximum Gasteiger partial charge on any atom is 0.326 e. The highest BCUT2D eigenvalue weighted by atomic mass is 16.4. The Kier molecular flexibility index (Phi) is 14.9. The molecule has 11 heteroatoms. The van der Waals surface area contributed by atoms with E-state index in [0.29, 0.717) is 6.42 Å². The Balaban J connectivity index is 1.75. The van der Waals surface area contributed by atoms with Crippen LogP contribution in [0.2, 0.25) is 0 Å². The van der Waals surface area contributed by atoms with Crippen LogP contribution < -0.4 is 21.3 Å². The summed E-state index contributed by atoms with van der Waals surface area (Å²) in [5, 5.41) is 33.9. The summed E-state index contributed by atoms with van der Waals surface area (Å²) in [6, 6.07) is 18.7. The highest BCUT2D eigenvalue weighted by molar-refractivity contribution is 5.93. The fraction of sp³-hybridized carbons (Fsp3) is 0.462. The Hall–Kier alpha value is -4.77. The molecule has 0 bridgehead atoms. The van der Waals surface area contributed by atoms with Crippen LogP contribution in [0.1, 0.15) is 65.5 Å². The van der Waals surface area contributed by atoms with Crippen molar-refractivity contribution in [3.8, 4) is 0 Å². The maximum atomic E-state index is 13.7. The summed E-state index contributed by atoms with van der Waals surface area (Å²) in [6.45, 7) is 10.6. The lowest BCUT2D eigenvalue weighted by molar-refractivity contribution is -0.143. The van der Waals surface area contributed by atoms with E-state index in [2.05, 4.69) is 21.3 Å². The molecule has 0 spiro atoms. The van der Waals surface area contributed by atoms with Gasteiger partial charge in [-0.1, -0.05) is 121 Å². The predicted molar refractivity (Wildman–Crippen MR) is 193 cm³/mol. The molecule has 0 aromatic heterocycles. The predicted octanol–water partition coefficient (Wildman–Crippen LogP) is 3.76. The standard InChI is InChI=1S/C39H52N4O7/c1-7-25(6)36(38(48)43-35(24(4)5)39(49)50)42-33(46)22-31(44)30(20-26-14-9-8-10-15-26)40-37(47)34(23(2)3)41-32(45)21-28-18-13-17-27-16-11-12-19-29(27)28/h8-19,23-25,30-31,34-36,44H,7,20-22H2,1-6H3,(H,40,47)(H,41,45)(H,42,46)(H,43,48)(H,49,50)/t25-,30?,31?,34-,35-,36-/m0/s1. The lowest BCUT2D eigenvalue weighted by Crippen LogP contribution is -2.57. The number of amides is 4. The number of aliphatic hydroxyl groups is 1. The molecule has 3 rings (SSSR count). The van der Waals surface area contributed by atoms with E-state index in [4.69, 9.17) is 0 Å². The van der Waals surface area contributed by atoms with Crippen LogP contribution in [0.15, 0.2) is 72.8 Å². The molecule has 6 atom stereocenters. The number of nitrogens with one attached hydrogen (secondary N) is 4. The van der Waals surface area contributed by atoms with Crippen LogP contribution in [-0.4, -0.2) is 70.1 Å². The van der Waals surface area contributed by atoms with E-state index in [1.54, 1.807) is 20.8 Å². The third-order valence-electron chi connectivity index (χ3n) is 9.02. The van der Waals surface area contributed by atoms with Gasteiger partial charge in [-0.25, -0.2) is 4.79 Å². The molecule has 0 aliphatic carbocycles. The molecule has 6 N–H and O–H groups in total. The van der Waals surface area contributed by atoms with Gasteiger partial charge < -0.3 is 31.5 Å². The first kappa shape index (κ1) is 39.7. The van der Waals surface area contributed by atoms with Crippen LogP contribution in [0.25, 0.3) is 10.8 Å². The summed E-state index contributed by atoms with van der Waals surface area (Å²) in [6.07, 6.45) is -1.01. The van der Waals surface area contributed by atoms with E-state index in [-0.39, 0.29) is 36.5 Å². The maximum absolute atomic E-state index is 13.7. The van der Waals surface area contributed by atoms with Gasteiger partial charge >= 0.3 is 5.97 Å². The molecule has 0 aliphatic rings. The molecular weight excluding hydrogens is 636 g/mol. The van der Waals surface area contributed by atoms with Crippen molar-refractivity contribution in [2.24, 2.45) is 17.8 Å². The third kappa shape index (κ3) is 11.4. The number of aliphatic hydroxyl groups excluding tert-OH is 1. The van der Waals surface area contributed by atoms with Crippen molar-refractivity contribution in [2.45, 2.75) is 97.5 Å². The summed E-state index contributed by atoms with van der Waals surface area (Å²) in [5.41, 5.74) is 1.64. The Labute approximate surface area is 294 Å². The number of carboxylic acid groups (broad SMARTS) is 1. The molecular formula is C39H52N4O7.